The first kappa shape index (κ1) is 12.0. The van der Waals surface area contributed by atoms with E-state index in [1.54, 1.807) is 0 Å². The van der Waals surface area contributed by atoms with E-state index in [9.17, 15) is 0 Å². The highest BCUT2D eigenvalue weighted by atomic mass is 79.9. The SMILES string of the molecule is CCCC1Oc2c(cc3ccccc3c2Br)C1N. The summed E-state index contributed by atoms with van der Waals surface area (Å²) in [7, 11) is 0. The molecule has 2 aromatic carbocycles. The van der Waals surface area contributed by atoms with E-state index in [2.05, 4.69) is 41.1 Å². The fourth-order valence-corrected chi connectivity index (χ4v) is 3.30. The van der Waals surface area contributed by atoms with Crippen molar-refractivity contribution >= 4 is 26.7 Å². The van der Waals surface area contributed by atoms with Crippen molar-refractivity contribution in [2.45, 2.75) is 31.9 Å². The van der Waals surface area contributed by atoms with Crippen molar-refractivity contribution in [2.75, 3.05) is 0 Å². The highest BCUT2D eigenvalue weighted by Crippen LogP contribution is 2.45. The molecule has 2 nitrogen and oxygen atoms in total. The summed E-state index contributed by atoms with van der Waals surface area (Å²) in [4.78, 5) is 0. The summed E-state index contributed by atoms with van der Waals surface area (Å²) in [6.45, 7) is 2.16. The summed E-state index contributed by atoms with van der Waals surface area (Å²) in [5.74, 6) is 0.930. The summed E-state index contributed by atoms with van der Waals surface area (Å²) in [6, 6.07) is 10.4. The lowest BCUT2D eigenvalue weighted by Gasteiger charge is -2.13. The van der Waals surface area contributed by atoms with E-state index in [1.165, 1.54) is 10.8 Å². The van der Waals surface area contributed by atoms with Crippen molar-refractivity contribution in [3.05, 3.63) is 40.4 Å². The number of hydrogen-bond donors (Lipinski definition) is 1. The van der Waals surface area contributed by atoms with Gasteiger partial charge in [-0.3, -0.25) is 0 Å². The monoisotopic (exact) mass is 305 g/mol. The van der Waals surface area contributed by atoms with Crippen molar-refractivity contribution in [1.82, 2.24) is 0 Å². The molecule has 0 amide bonds. The van der Waals surface area contributed by atoms with Gasteiger partial charge in [-0.05, 0) is 39.2 Å². The standard InChI is InChI=1S/C15H16BrNO/c1-2-5-12-14(17)11-8-9-6-3-4-7-10(9)13(16)15(11)18-12/h3-4,6-8,12,14H,2,5,17H2,1H3. The Kier molecular flexibility index (Phi) is 3.04. The highest BCUT2D eigenvalue weighted by Gasteiger charge is 2.33. The Morgan fingerprint density at radius 1 is 1.33 bits per heavy atom. The van der Waals surface area contributed by atoms with Gasteiger partial charge in [0.15, 0.2) is 0 Å². The van der Waals surface area contributed by atoms with Gasteiger partial charge in [-0.25, -0.2) is 0 Å². The molecule has 94 valence electrons. The third-order valence-electron chi connectivity index (χ3n) is 3.57. The summed E-state index contributed by atoms with van der Waals surface area (Å²) in [5.41, 5.74) is 7.41. The van der Waals surface area contributed by atoms with Crippen LogP contribution in [0.5, 0.6) is 5.75 Å². The smallest absolute Gasteiger partial charge is 0.139 e. The number of benzene rings is 2. The van der Waals surface area contributed by atoms with Crippen LogP contribution in [0.15, 0.2) is 34.8 Å². The van der Waals surface area contributed by atoms with Crippen molar-refractivity contribution in [3.8, 4) is 5.75 Å². The molecule has 0 aromatic heterocycles. The largest absolute Gasteiger partial charge is 0.487 e. The van der Waals surface area contributed by atoms with Crippen LogP contribution >= 0.6 is 15.9 Å². The van der Waals surface area contributed by atoms with Gasteiger partial charge in [-0.1, -0.05) is 37.6 Å². The van der Waals surface area contributed by atoms with Crippen LogP contribution in [-0.2, 0) is 0 Å². The molecule has 0 bridgehead atoms. The number of nitrogens with two attached hydrogens (primary N) is 1. The lowest BCUT2D eigenvalue weighted by atomic mass is 9.99. The van der Waals surface area contributed by atoms with Crippen LogP contribution in [0.1, 0.15) is 31.4 Å². The van der Waals surface area contributed by atoms with Gasteiger partial charge in [0.05, 0.1) is 10.5 Å². The molecule has 0 fully saturated rings. The molecule has 2 aromatic rings. The fourth-order valence-electron chi connectivity index (χ4n) is 2.62. The van der Waals surface area contributed by atoms with Crippen LogP contribution < -0.4 is 10.5 Å². The van der Waals surface area contributed by atoms with Crippen LogP contribution in [-0.4, -0.2) is 6.10 Å². The van der Waals surface area contributed by atoms with Crippen LogP contribution in [0.2, 0.25) is 0 Å². The fraction of sp³-hybridized carbons (Fsp3) is 0.333. The molecule has 2 unspecified atom stereocenters. The first-order valence-electron chi connectivity index (χ1n) is 6.35. The van der Waals surface area contributed by atoms with E-state index in [0.29, 0.717) is 0 Å². The Morgan fingerprint density at radius 3 is 2.89 bits per heavy atom. The maximum absolute atomic E-state index is 6.29. The second kappa shape index (κ2) is 4.56. The van der Waals surface area contributed by atoms with E-state index >= 15 is 0 Å². The van der Waals surface area contributed by atoms with E-state index in [4.69, 9.17) is 10.5 Å². The van der Waals surface area contributed by atoms with Crippen molar-refractivity contribution < 1.29 is 4.74 Å². The summed E-state index contributed by atoms with van der Waals surface area (Å²) in [5, 5.41) is 2.39. The lowest BCUT2D eigenvalue weighted by molar-refractivity contribution is 0.194. The van der Waals surface area contributed by atoms with Gasteiger partial charge < -0.3 is 10.5 Å². The van der Waals surface area contributed by atoms with Gasteiger partial charge in [-0.15, -0.1) is 0 Å². The third-order valence-corrected chi connectivity index (χ3v) is 4.36. The zero-order valence-corrected chi connectivity index (χ0v) is 11.9. The van der Waals surface area contributed by atoms with Gasteiger partial charge in [0.1, 0.15) is 11.9 Å². The Balaban J connectivity index is 2.16. The number of fused-ring (bicyclic) bond motifs is 2. The molecule has 1 aliphatic heterocycles. The summed E-state index contributed by atoms with van der Waals surface area (Å²) < 4.78 is 7.06. The molecule has 2 atom stereocenters. The lowest BCUT2D eigenvalue weighted by Crippen LogP contribution is -2.24. The van der Waals surface area contributed by atoms with E-state index in [-0.39, 0.29) is 12.1 Å². The molecule has 1 aliphatic rings. The highest BCUT2D eigenvalue weighted by molar-refractivity contribution is 9.10. The predicted molar refractivity (Wildman–Crippen MR) is 77.9 cm³/mol. The van der Waals surface area contributed by atoms with Crippen molar-refractivity contribution in [1.29, 1.82) is 0 Å². The van der Waals surface area contributed by atoms with Gasteiger partial charge in [-0.2, -0.15) is 0 Å². The Hall–Kier alpha value is -1.06. The minimum absolute atomic E-state index is 0.0131. The Bertz CT molecular complexity index is 596. The molecule has 0 spiro atoms. The zero-order chi connectivity index (χ0) is 12.7. The molecule has 0 aliphatic carbocycles. The minimum Gasteiger partial charge on any atom is -0.487 e. The van der Waals surface area contributed by atoms with E-state index < -0.39 is 0 Å². The maximum atomic E-state index is 6.29. The minimum atomic E-state index is -0.0131. The van der Waals surface area contributed by atoms with Crippen LogP contribution in [0, 0.1) is 0 Å². The van der Waals surface area contributed by atoms with Gasteiger partial charge in [0, 0.05) is 5.56 Å². The molecular weight excluding hydrogens is 290 g/mol. The number of ether oxygens (including phenoxy) is 1. The first-order chi connectivity index (χ1) is 8.72. The molecule has 0 saturated heterocycles. The van der Waals surface area contributed by atoms with E-state index in [1.807, 2.05) is 12.1 Å². The zero-order valence-electron chi connectivity index (χ0n) is 10.3. The molecular formula is C15H16BrNO. The molecule has 2 N–H and O–H groups in total. The molecule has 0 radical (unpaired) electrons. The third kappa shape index (κ3) is 1.73. The second-order valence-corrected chi connectivity index (χ2v) is 5.59. The van der Waals surface area contributed by atoms with Crippen LogP contribution in [0.3, 0.4) is 0 Å². The number of rotatable bonds is 2. The van der Waals surface area contributed by atoms with Crippen LogP contribution in [0.25, 0.3) is 10.8 Å². The van der Waals surface area contributed by atoms with Gasteiger partial charge in [0.2, 0.25) is 0 Å². The van der Waals surface area contributed by atoms with Gasteiger partial charge in [0.25, 0.3) is 0 Å². The van der Waals surface area contributed by atoms with Gasteiger partial charge >= 0.3 is 0 Å². The Morgan fingerprint density at radius 2 is 2.11 bits per heavy atom. The topological polar surface area (TPSA) is 35.2 Å². The van der Waals surface area contributed by atoms with E-state index in [0.717, 1.165) is 28.6 Å². The number of hydrogen-bond acceptors (Lipinski definition) is 2. The molecule has 3 heteroatoms. The second-order valence-electron chi connectivity index (χ2n) is 4.80. The average Bonchev–Trinajstić information content (AvgIpc) is 2.69. The first-order valence-corrected chi connectivity index (χ1v) is 7.15. The van der Waals surface area contributed by atoms with Crippen molar-refractivity contribution in [3.63, 3.8) is 0 Å². The summed E-state index contributed by atoms with van der Waals surface area (Å²) >= 11 is 3.66. The van der Waals surface area contributed by atoms with Crippen molar-refractivity contribution in [2.24, 2.45) is 5.73 Å². The quantitative estimate of drug-likeness (QED) is 0.904. The number of halogens is 1. The predicted octanol–water partition coefficient (Wildman–Crippen LogP) is 4.16. The summed E-state index contributed by atoms with van der Waals surface area (Å²) in [6.07, 6.45) is 2.19. The van der Waals surface area contributed by atoms with Crippen LogP contribution in [0.4, 0.5) is 0 Å². The molecule has 1 heterocycles. The maximum Gasteiger partial charge on any atom is 0.139 e. The molecule has 3 rings (SSSR count). The molecule has 18 heavy (non-hydrogen) atoms. The molecule has 0 saturated carbocycles. The normalized spacial score (nSPS) is 21.9. The average molecular weight is 306 g/mol. The Labute approximate surface area is 115 Å².